The first-order valence-electron chi connectivity index (χ1n) is 6.73. The van der Waals surface area contributed by atoms with E-state index in [0.29, 0.717) is 23.4 Å². The number of likely N-dealkylation sites (N-methyl/N-ethyl adjacent to an activating group) is 1. The third-order valence-electron chi connectivity index (χ3n) is 4.02. The van der Waals surface area contributed by atoms with Crippen LogP contribution in [-0.2, 0) is 24.3 Å². The molecule has 0 spiro atoms. The standard InChI is InChI=1S/C13H16N4O4/c1-7-3-10-9(6-16(7)13(20)21)11-12(19)15(2)4-8(18)5-17(11)14-10/h7H,3-6H2,1-2H3,(H,20,21)/t7-/m1/s1. The van der Waals surface area contributed by atoms with Crippen LogP contribution in [0, 0.1) is 0 Å². The van der Waals surface area contributed by atoms with Crippen LogP contribution in [-0.4, -0.2) is 62.1 Å². The lowest BCUT2D eigenvalue weighted by Gasteiger charge is -2.30. The Hall–Kier alpha value is -2.38. The molecule has 0 unspecified atom stereocenters. The highest BCUT2D eigenvalue weighted by Gasteiger charge is 2.36. The van der Waals surface area contributed by atoms with Crippen molar-refractivity contribution in [2.45, 2.75) is 32.5 Å². The SMILES string of the molecule is C[C@@H]1Cc2nn3c(c2CN1C(=O)O)C(=O)N(C)CC(=O)C3. The van der Waals surface area contributed by atoms with Crippen molar-refractivity contribution in [2.75, 3.05) is 13.6 Å². The lowest BCUT2D eigenvalue weighted by molar-refractivity contribution is -0.119. The minimum absolute atomic E-state index is 0.0516. The monoisotopic (exact) mass is 292 g/mol. The van der Waals surface area contributed by atoms with Gasteiger partial charge in [0.1, 0.15) is 12.2 Å². The van der Waals surface area contributed by atoms with Crippen LogP contribution in [0.15, 0.2) is 0 Å². The predicted octanol–water partition coefficient (Wildman–Crippen LogP) is -0.0376. The maximum absolute atomic E-state index is 12.4. The van der Waals surface area contributed by atoms with E-state index in [1.165, 1.54) is 14.5 Å². The van der Waals surface area contributed by atoms with Crippen molar-refractivity contribution < 1.29 is 19.5 Å². The van der Waals surface area contributed by atoms with Crippen molar-refractivity contribution in [2.24, 2.45) is 0 Å². The molecular weight excluding hydrogens is 276 g/mol. The van der Waals surface area contributed by atoms with E-state index in [0.717, 1.165) is 0 Å². The normalized spacial score (nSPS) is 21.9. The number of hydrogen-bond donors (Lipinski definition) is 1. The first-order chi connectivity index (χ1) is 9.88. The summed E-state index contributed by atoms with van der Waals surface area (Å²) in [5.41, 5.74) is 1.69. The Labute approximate surface area is 120 Å². The quantitative estimate of drug-likeness (QED) is 0.724. The molecule has 1 N–H and O–H groups in total. The Morgan fingerprint density at radius 3 is 2.67 bits per heavy atom. The van der Waals surface area contributed by atoms with Gasteiger partial charge in [0.25, 0.3) is 5.91 Å². The van der Waals surface area contributed by atoms with E-state index in [1.807, 2.05) is 0 Å². The molecule has 0 fully saturated rings. The van der Waals surface area contributed by atoms with E-state index in [9.17, 15) is 19.5 Å². The summed E-state index contributed by atoms with van der Waals surface area (Å²) in [5, 5.41) is 13.6. The Morgan fingerprint density at radius 1 is 1.29 bits per heavy atom. The largest absolute Gasteiger partial charge is 0.465 e. The van der Waals surface area contributed by atoms with E-state index >= 15 is 0 Å². The molecule has 1 aromatic heterocycles. The summed E-state index contributed by atoms with van der Waals surface area (Å²) >= 11 is 0. The number of Topliss-reactive ketones (excluding diaryl/α,β-unsaturated/α-hetero) is 1. The third-order valence-corrected chi connectivity index (χ3v) is 4.02. The zero-order valence-corrected chi connectivity index (χ0v) is 11.9. The zero-order valence-electron chi connectivity index (χ0n) is 11.9. The van der Waals surface area contributed by atoms with Gasteiger partial charge in [0.05, 0.1) is 18.8 Å². The molecule has 8 nitrogen and oxygen atoms in total. The van der Waals surface area contributed by atoms with Crippen LogP contribution in [0.3, 0.4) is 0 Å². The molecule has 3 rings (SSSR count). The molecular formula is C13H16N4O4. The molecule has 0 saturated heterocycles. The van der Waals surface area contributed by atoms with Crippen LogP contribution in [0.4, 0.5) is 4.79 Å². The number of rotatable bonds is 0. The van der Waals surface area contributed by atoms with Crippen LogP contribution in [0.5, 0.6) is 0 Å². The summed E-state index contributed by atoms with van der Waals surface area (Å²) in [6, 6.07) is -0.197. The maximum Gasteiger partial charge on any atom is 0.407 e. The number of aromatic nitrogens is 2. The van der Waals surface area contributed by atoms with E-state index < -0.39 is 6.09 Å². The highest BCUT2D eigenvalue weighted by atomic mass is 16.4. The molecule has 2 amide bonds. The van der Waals surface area contributed by atoms with Crippen molar-refractivity contribution in [3.63, 3.8) is 0 Å². The van der Waals surface area contributed by atoms with Gasteiger partial charge in [0.15, 0.2) is 5.78 Å². The summed E-state index contributed by atoms with van der Waals surface area (Å²) in [6.07, 6.45) is -0.564. The highest BCUT2D eigenvalue weighted by molar-refractivity contribution is 5.98. The molecule has 0 bridgehead atoms. The van der Waals surface area contributed by atoms with E-state index in [2.05, 4.69) is 5.10 Å². The van der Waals surface area contributed by atoms with Gasteiger partial charge in [0, 0.05) is 25.1 Å². The first kappa shape index (κ1) is 13.6. The molecule has 0 aliphatic carbocycles. The number of carbonyl (C=O) groups is 3. The molecule has 0 saturated carbocycles. The van der Waals surface area contributed by atoms with Gasteiger partial charge in [-0.05, 0) is 6.92 Å². The van der Waals surface area contributed by atoms with Crippen molar-refractivity contribution in [3.8, 4) is 0 Å². The fourth-order valence-electron chi connectivity index (χ4n) is 2.94. The van der Waals surface area contributed by atoms with Gasteiger partial charge >= 0.3 is 6.09 Å². The highest BCUT2D eigenvalue weighted by Crippen LogP contribution is 2.27. The molecule has 112 valence electrons. The second-order valence-electron chi connectivity index (χ2n) is 5.60. The van der Waals surface area contributed by atoms with Crippen molar-refractivity contribution in [1.29, 1.82) is 0 Å². The van der Waals surface area contributed by atoms with E-state index in [4.69, 9.17) is 0 Å². The number of ketones is 1. The van der Waals surface area contributed by atoms with Gasteiger partial charge in [-0.2, -0.15) is 5.10 Å². The summed E-state index contributed by atoms with van der Waals surface area (Å²) in [6.45, 7) is 2.05. The topological polar surface area (TPSA) is 95.7 Å². The lowest BCUT2D eigenvalue weighted by atomic mass is 10.00. The maximum atomic E-state index is 12.4. The molecule has 1 atom stereocenters. The van der Waals surface area contributed by atoms with Crippen LogP contribution < -0.4 is 0 Å². The summed E-state index contributed by atoms with van der Waals surface area (Å²) < 4.78 is 1.43. The van der Waals surface area contributed by atoms with Crippen LogP contribution in [0.1, 0.15) is 28.7 Å². The van der Waals surface area contributed by atoms with Gasteiger partial charge < -0.3 is 14.9 Å². The molecule has 0 aromatic carbocycles. The number of fused-ring (bicyclic) bond motifs is 3. The molecule has 1 aromatic rings. The zero-order chi connectivity index (χ0) is 15.3. The fraction of sp³-hybridized carbons (Fsp3) is 0.538. The first-order valence-corrected chi connectivity index (χ1v) is 6.73. The summed E-state index contributed by atoms with van der Waals surface area (Å²) in [5.74, 6) is -0.373. The summed E-state index contributed by atoms with van der Waals surface area (Å²) in [7, 11) is 1.57. The average Bonchev–Trinajstić information content (AvgIpc) is 2.67. The van der Waals surface area contributed by atoms with Crippen LogP contribution in [0.25, 0.3) is 0 Å². The number of amides is 2. The Balaban J connectivity index is 2.09. The number of nitrogens with zero attached hydrogens (tertiary/aromatic N) is 4. The minimum atomic E-state index is -1.02. The number of carboxylic acid groups (broad SMARTS) is 1. The Kier molecular flexibility index (Phi) is 2.96. The van der Waals surface area contributed by atoms with Crippen molar-refractivity contribution in [3.05, 3.63) is 17.0 Å². The molecule has 0 radical (unpaired) electrons. The van der Waals surface area contributed by atoms with E-state index in [-0.39, 0.29) is 37.4 Å². The van der Waals surface area contributed by atoms with Gasteiger partial charge in [-0.15, -0.1) is 0 Å². The number of hydrogen-bond acceptors (Lipinski definition) is 4. The Bertz CT molecular complexity index is 651. The second kappa shape index (κ2) is 4.57. The number of carbonyl (C=O) groups excluding carboxylic acids is 2. The molecule has 8 heteroatoms. The third kappa shape index (κ3) is 2.07. The molecule has 3 heterocycles. The van der Waals surface area contributed by atoms with E-state index in [1.54, 1.807) is 14.0 Å². The minimum Gasteiger partial charge on any atom is -0.465 e. The van der Waals surface area contributed by atoms with Gasteiger partial charge in [-0.1, -0.05) is 0 Å². The summed E-state index contributed by atoms with van der Waals surface area (Å²) in [4.78, 5) is 38.1. The van der Waals surface area contributed by atoms with Crippen molar-refractivity contribution >= 4 is 17.8 Å². The second-order valence-corrected chi connectivity index (χ2v) is 5.60. The average molecular weight is 292 g/mol. The van der Waals surface area contributed by atoms with Crippen LogP contribution in [0.2, 0.25) is 0 Å². The predicted molar refractivity (Wildman–Crippen MR) is 70.9 cm³/mol. The molecule has 2 aliphatic heterocycles. The van der Waals surface area contributed by atoms with Gasteiger partial charge in [-0.25, -0.2) is 4.79 Å². The van der Waals surface area contributed by atoms with Crippen molar-refractivity contribution in [1.82, 2.24) is 19.6 Å². The fourth-order valence-corrected chi connectivity index (χ4v) is 2.94. The lowest BCUT2D eigenvalue weighted by Crippen LogP contribution is -2.42. The smallest absolute Gasteiger partial charge is 0.407 e. The van der Waals surface area contributed by atoms with Gasteiger partial charge in [-0.3, -0.25) is 14.3 Å². The van der Waals surface area contributed by atoms with Gasteiger partial charge in [0.2, 0.25) is 0 Å². The molecule has 21 heavy (non-hydrogen) atoms. The van der Waals surface area contributed by atoms with Crippen LogP contribution >= 0.6 is 0 Å². The Morgan fingerprint density at radius 2 is 2.00 bits per heavy atom. The molecule has 2 aliphatic rings.